The first-order chi connectivity index (χ1) is 6.98. The summed E-state index contributed by atoms with van der Waals surface area (Å²) in [5, 5.41) is 3.58. The van der Waals surface area contributed by atoms with Crippen molar-refractivity contribution in [2.24, 2.45) is 5.92 Å². The maximum Gasteiger partial charge on any atom is 0.112 e. The van der Waals surface area contributed by atoms with Gasteiger partial charge < -0.3 is 9.64 Å². The standard InChI is InChI=1S/C12H24N2O/c1-9(2)14-6-5-10(7-14)11-13-12(3,4)8-15-11/h9-11,13H,5-8H2,1-4H3. The van der Waals surface area contributed by atoms with Crippen molar-refractivity contribution in [3.05, 3.63) is 0 Å². The quantitative estimate of drug-likeness (QED) is 0.749. The average molecular weight is 212 g/mol. The molecule has 2 rings (SSSR count). The number of rotatable bonds is 2. The van der Waals surface area contributed by atoms with Crippen molar-refractivity contribution in [2.45, 2.75) is 51.9 Å². The Morgan fingerprint density at radius 1 is 1.40 bits per heavy atom. The van der Waals surface area contributed by atoms with E-state index in [2.05, 4.69) is 37.9 Å². The molecule has 15 heavy (non-hydrogen) atoms. The van der Waals surface area contributed by atoms with Crippen LogP contribution in [0.5, 0.6) is 0 Å². The van der Waals surface area contributed by atoms with E-state index in [0.717, 1.165) is 6.61 Å². The van der Waals surface area contributed by atoms with E-state index in [9.17, 15) is 0 Å². The van der Waals surface area contributed by atoms with Gasteiger partial charge in [0.2, 0.25) is 0 Å². The minimum absolute atomic E-state index is 0.163. The first-order valence-electron chi connectivity index (χ1n) is 6.11. The van der Waals surface area contributed by atoms with E-state index >= 15 is 0 Å². The van der Waals surface area contributed by atoms with Gasteiger partial charge in [0, 0.05) is 24.0 Å². The molecule has 2 aliphatic rings. The molecule has 2 fully saturated rings. The first-order valence-corrected chi connectivity index (χ1v) is 6.11. The summed E-state index contributed by atoms with van der Waals surface area (Å²) < 4.78 is 5.84. The molecule has 3 nitrogen and oxygen atoms in total. The molecule has 2 atom stereocenters. The van der Waals surface area contributed by atoms with Crippen molar-refractivity contribution < 1.29 is 4.74 Å². The fourth-order valence-electron chi connectivity index (χ4n) is 2.55. The lowest BCUT2D eigenvalue weighted by atomic mass is 10.1. The summed E-state index contributed by atoms with van der Waals surface area (Å²) in [6.45, 7) is 12.2. The van der Waals surface area contributed by atoms with Crippen LogP contribution in [0.2, 0.25) is 0 Å². The van der Waals surface area contributed by atoms with Crippen LogP contribution in [0, 0.1) is 5.92 Å². The SMILES string of the molecule is CC(C)N1CCC(C2NC(C)(C)CO2)C1. The van der Waals surface area contributed by atoms with Crippen LogP contribution < -0.4 is 5.32 Å². The van der Waals surface area contributed by atoms with Gasteiger partial charge in [-0.05, 0) is 40.7 Å². The molecule has 2 aliphatic heterocycles. The predicted octanol–water partition coefficient (Wildman–Crippen LogP) is 1.44. The second-order valence-electron chi connectivity index (χ2n) is 5.90. The monoisotopic (exact) mass is 212 g/mol. The third kappa shape index (κ3) is 2.52. The zero-order valence-corrected chi connectivity index (χ0v) is 10.4. The highest BCUT2D eigenvalue weighted by molar-refractivity contribution is 4.91. The Bertz CT molecular complexity index is 228. The maximum absolute atomic E-state index is 5.84. The summed E-state index contributed by atoms with van der Waals surface area (Å²) in [4.78, 5) is 2.54. The number of ether oxygens (including phenoxy) is 1. The van der Waals surface area contributed by atoms with E-state index in [1.165, 1.54) is 19.5 Å². The molecule has 1 N–H and O–H groups in total. The Kier molecular flexibility index (Phi) is 3.06. The van der Waals surface area contributed by atoms with Crippen molar-refractivity contribution in [1.82, 2.24) is 10.2 Å². The third-order valence-electron chi connectivity index (χ3n) is 3.57. The predicted molar refractivity (Wildman–Crippen MR) is 61.8 cm³/mol. The van der Waals surface area contributed by atoms with E-state index in [4.69, 9.17) is 4.74 Å². The molecule has 0 saturated carbocycles. The van der Waals surface area contributed by atoms with Crippen molar-refractivity contribution in [1.29, 1.82) is 0 Å². The van der Waals surface area contributed by atoms with E-state index in [1.807, 2.05) is 0 Å². The topological polar surface area (TPSA) is 24.5 Å². The second-order valence-corrected chi connectivity index (χ2v) is 5.90. The molecule has 0 aromatic carbocycles. The minimum Gasteiger partial charge on any atom is -0.361 e. The summed E-state index contributed by atoms with van der Waals surface area (Å²) in [5.41, 5.74) is 0.163. The normalized spacial score (nSPS) is 36.6. The Morgan fingerprint density at radius 2 is 2.13 bits per heavy atom. The Hall–Kier alpha value is -0.120. The van der Waals surface area contributed by atoms with Gasteiger partial charge >= 0.3 is 0 Å². The molecule has 0 aliphatic carbocycles. The van der Waals surface area contributed by atoms with E-state index < -0.39 is 0 Å². The molecule has 0 bridgehead atoms. The Balaban J connectivity index is 1.87. The first kappa shape index (κ1) is 11.4. The van der Waals surface area contributed by atoms with Gasteiger partial charge in [-0.2, -0.15) is 0 Å². The molecule has 3 heteroatoms. The third-order valence-corrected chi connectivity index (χ3v) is 3.57. The number of hydrogen-bond acceptors (Lipinski definition) is 3. The van der Waals surface area contributed by atoms with Crippen molar-refractivity contribution in [3.63, 3.8) is 0 Å². The lowest BCUT2D eigenvalue weighted by Gasteiger charge is -2.23. The van der Waals surface area contributed by atoms with Crippen LogP contribution in [0.15, 0.2) is 0 Å². The minimum atomic E-state index is 0.163. The molecule has 0 aromatic rings. The van der Waals surface area contributed by atoms with Crippen LogP contribution in [0.3, 0.4) is 0 Å². The average Bonchev–Trinajstić information content (AvgIpc) is 2.70. The Morgan fingerprint density at radius 3 is 2.60 bits per heavy atom. The number of nitrogens with one attached hydrogen (secondary N) is 1. The van der Waals surface area contributed by atoms with Crippen LogP contribution in [0.4, 0.5) is 0 Å². The van der Waals surface area contributed by atoms with Gasteiger partial charge in [-0.1, -0.05) is 0 Å². The van der Waals surface area contributed by atoms with Gasteiger partial charge in [-0.15, -0.1) is 0 Å². The smallest absolute Gasteiger partial charge is 0.112 e. The molecular formula is C12H24N2O. The van der Waals surface area contributed by atoms with Crippen molar-refractivity contribution >= 4 is 0 Å². The fourth-order valence-corrected chi connectivity index (χ4v) is 2.55. The van der Waals surface area contributed by atoms with Crippen LogP contribution in [0.1, 0.15) is 34.1 Å². The number of likely N-dealkylation sites (tertiary alicyclic amines) is 1. The zero-order valence-electron chi connectivity index (χ0n) is 10.4. The largest absolute Gasteiger partial charge is 0.361 e. The van der Waals surface area contributed by atoms with Gasteiger partial charge in [0.25, 0.3) is 0 Å². The molecule has 0 radical (unpaired) electrons. The van der Waals surface area contributed by atoms with Gasteiger partial charge in [-0.3, -0.25) is 5.32 Å². The van der Waals surface area contributed by atoms with Gasteiger partial charge in [0.1, 0.15) is 6.23 Å². The van der Waals surface area contributed by atoms with Crippen LogP contribution >= 0.6 is 0 Å². The molecule has 0 spiro atoms. The molecular weight excluding hydrogens is 188 g/mol. The summed E-state index contributed by atoms with van der Waals surface area (Å²) in [6.07, 6.45) is 1.55. The number of nitrogens with zero attached hydrogens (tertiary/aromatic N) is 1. The van der Waals surface area contributed by atoms with Gasteiger partial charge in [0.05, 0.1) is 6.61 Å². The second kappa shape index (κ2) is 4.04. The van der Waals surface area contributed by atoms with Gasteiger partial charge in [0.15, 0.2) is 0 Å². The lowest BCUT2D eigenvalue weighted by molar-refractivity contribution is 0.0525. The van der Waals surface area contributed by atoms with Crippen molar-refractivity contribution in [2.75, 3.05) is 19.7 Å². The summed E-state index contributed by atoms with van der Waals surface area (Å²) in [7, 11) is 0. The molecule has 0 aromatic heterocycles. The van der Waals surface area contributed by atoms with Crippen LogP contribution in [-0.2, 0) is 4.74 Å². The van der Waals surface area contributed by atoms with Crippen molar-refractivity contribution in [3.8, 4) is 0 Å². The van der Waals surface area contributed by atoms with E-state index in [-0.39, 0.29) is 11.8 Å². The summed E-state index contributed by atoms with van der Waals surface area (Å²) in [5.74, 6) is 0.675. The molecule has 2 unspecified atom stereocenters. The maximum atomic E-state index is 5.84. The fraction of sp³-hybridized carbons (Fsp3) is 1.00. The van der Waals surface area contributed by atoms with E-state index in [0.29, 0.717) is 12.0 Å². The summed E-state index contributed by atoms with van der Waals surface area (Å²) in [6, 6.07) is 0.671. The van der Waals surface area contributed by atoms with Gasteiger partial charge in [-0.25, -0.2) is 0 Å². The molecule has 2 heterocycles. The van der Waals surface area contributed by atoms with E-state index in [1.54, 1.807) is 0 Å². The Labute approximate surface area is 93.2 Å². The van der Waals surface area contributed by atoms with Crippen LogP contribution in [0.25, 0.3) is 0 Å². The highest BCUT2D eigenvalue weighted by atomic mass is 16.5. The zero-order chi connectivity index (χ0) is 11.1. The summed E-state index contributed by atoms with van der Waals surface area (Å²) >= 11 is 0. The molecule has 0 amide bonds. The number of hydrogen-bond donors (Lipinski definition) is 1. The molecule has 2 saturated heterocycles. The lowest BCUT2D eigenvalue weighted by Crippen LogP contribution is -2.43. The molecule has 88 valence electrons. The highest BCUT2D eigenvalue weighted by Crippen LogP contribution is 2.27. The highest BCUT2D eigenvalue weighted by Gasteiger charge is 2.38. The van der Waals surface area contributed by atoms with Crippen LogP contribution in [-0.4, -0.2) is 42.4 Å².